The maximum absolute atomic E-state index is 16.2. The highest BCUT2D eigenvalue weighted by Gasteiger charge is 2.59. The highest BCUT2D eigenvalue weighted by Crippen LogP contribution is 2.58. The Balaban J connectivity index is 0.685. The number of nitrogens with one attached hydrogen (secondary N) is 2. The maximum Gasteiger partial charge on any atom is 0.257 e. The van der Waals surface area contributed by atoms with E-state index in [1.54, 1.807) is 30.4 Å². The van der Waals surface area contributed by atoms with E-state index >= 15 is 4.39 Å². The molecule has 5 aliphatic heterocycles. The van der Waals surface area contributed by atoms with E-state index in [1.807, 2.05) is 35.6 Å². The number of piperidine rings is 2. The monoisotopic (exact) mass is 1030 g/mol. The number of halogens is 2. The summed E-state index contributed by atoms with van der Waals surface area (Å²) in [6.45, 7) is 11.0. The number of imide groups is 1. The molecule has 1 saturated carbocycles. The molecule has 1 unspecified atom stereocenters. The van der Waals surface area contributed by atoms with Crippen LogP contribution in [0.3, 0.4) is 0 Å². The van der Waals surface area contributed by atoms with Crippen LogP contribution in [-0.4, -0.2) is 105 Å². The van der Waals surface area contributed by atoms with Crippen LogP contribution in [0, 0.1) is 30.4 Å². The van der Waals surface area contributed by atoms with Crippen LogP contribution < -0.4 is 21.1 Å². The lowest BCUT2D eigenvalue weighted by atomic mass is 9.85. The van der Waals surface area contributed by atoms with Crippen LogP contribution in [0.4, 0.5) is 20.2 Å². The zero-order valence-corrected chi connectivity index (χ0v) is 44.4. The molecule has 0 bridgehead atoms. The van der Waals surface area contributed by atoms with E-state index in [0.717, 1.165) is 91.5 Å². The minimum Gasteiger partial charge on any atom is -0.386 e. The lowest BCUT2D eigenvalue weighted by Crippen LogP contribution is -2.44. The summed E-state index contributed by atoms with van der Waals surface area (Å²) < 4.78 is 34.4. The fourth-order valence-corrected chi connectivity index (χ4v) is 13.2. The van der Waals surface area contributed by atoms with Gasteiger partial charge < -0.3 is 19.7 Å². The Morgan fingerprint density at radius 3 is 2.45 bits per heavy atom. The molecule has 1 aliphatic carbocycles. The number of hydrogen-bond donors (Lipinski definition) is 2. The van der Waals surface area contributed by atoms with Gasteiger partial charge in [0.2, 0.25) is 11.8 Å². The molecule has 8 heterocycles. The van der Waals surface area contributed by atoms with Gasteiger partial charge in [0.25, 0.3) is 17.4 Å². The molecule has 0 radical (unpaired) electrons. The third-order valence-electron chi connectivity index (χ3n) is 17.7. The van der Waals surface area contributed by atoms with Gasteiger partial charge in [0, 0.05) is 112 Å². The van der Waals surface area contributed by atoms with E-state index < -0.39 is 17.1 Å². The number of aryl methyl sites for hydroxylation is 2. The molecule has 3 aromatic heterocycles. The molecule has 14 nitrogen and oxygen atoms in total. The normalized spacial score (nSPS) is 22.4. The minimum atomic E-state index is -0.533. The van der Waals surface area contributed by atoms with Crippen molar-refractivity contribution in [1.29, 1.82) is 0 Å². The Morgan fingerprint density at radius 2 is 1.72 bits per heavy atom. The first-order valence-electron chi connectivity index (χ1n) is 27.4. The first kappa shape index (κ1) is 51.3. The van der Waals surface area contributed by atoms with Crippen molar-refractivity contribution in [2.24, 2.45) is 18.9 Å². The molecule has 1 spiro atoms. The quantitative estimate of drug-likeness (QED) is 0.0980. The molecule has 3 saturated heterocycles. The van der Waals surface area contributed by atoms with Crippen LogP contribution in [0.5, 0.6) is 0 Å². The number of benzene rings is 2. The maximum atomic E-state index is 16.2. The van der Waals surface area contributed by atoms with Gasteiger partial charge in [-0.3, -0.25) is 43.7 Å². The Hall–Kier alpha value is -6.78. The molecular weight excluding hydrogens is 965 g/mol. The van der Waals surface area contributed by atoms with Crippen molar-refractivity contribution in [3.8, 4) is 5.69 Å². The molecule has 76 heavy (non-hydrogen) atoms. The van der Waals surface area contributed by atoms with Gasteiger partial charge in [0.15, 0.2) is 5.82 Å². The molecular formula is C60H69F2N9O5. The molecule has 5 aromatic rings. The van der Waals surface area contributed by atoms with Gasteiger partial charge in [-0.1, -0.05) is 31.1 Å². The van der Waals surface area contributed by atoms with E-state index in [1.165, 1.54) is 41.3 Å². The molecule has 4 amide bonds. The predicted molar refractivity (Wildman–Crippen MR) is 290 cm³/mol. The number of hydrogen-bond acceptors (Lipinski definition) is 9. The molecule has 4 fully saturated rings. The number of fused-ring (bicyclic) bond motifs is 3. The first-order chi connectivity index (χ1) is 36.6. The average molecular weight is 1030 g/mol. The van der Waals surface area contributed by atoms with Crippen molar-refractivity contribution < 1.29 is 28.0 Å². The van der Waals surface area contributed by atoms with Crippen molar-refractivity contribution in [3.63, 3.8) is 0 Å². The van der Waals surface area contributed by atoms with E-state index in [2.05, 4.69) is 63.5 Å². The first-order valence-corrected chi connectivity index (χ1v) is 27.4. The lowest BCUT2D eigenvalue weighted by Gasteiger charge is -2.39. The number of rotatable bonds is 11. The highest BCUT2D eigenvalue weighted by atomic mass is 19.1. The van der Waals surface area contributed by atoms with Gasteiger partial charge in [-0.05, 0) is 150 Å². The number of carbonyl (C=O) groups is 4. The van der Waals surface area contributed by atoms with E-state index in [0.29, 0.717) is 84.9 Å². The molecule has 16 heteroatoms. The van der Waals surface area contributed by atoms with Gasteiger partial charge in [-0.2, -0.15) is 0 Å². The van der Waals surface area contributed by atoms with Gasteiger partial charge in [-0.15, -0.1) is 0 Å². The van der Waals surface area contributed by atoms with E-state index in [9.17, 15) is 28.4 Å². The summed E-state index contributed by atoms with van der Waals surface area (Å²) in [7, 11) is 3.51. The number of nitrogens with zero attached hydrogens (tertiary/aromatic N) is 7. The van der Waals surface area contributed by atoms with Crippen molar-refractivity contribution in [2.45, 2.75) is 115 Å². The number of aromatic nitrogens is 3. The molecule has 2 N–H and O–H groups in total. The standard InChI is InChI=1S/C60H69F2N9O5/c1-36-26-44(30-47(61)55(36)42-16-24-67(25-17-42)38(3)52-31-45-50(13-20-64-56(45)66(52)5)70-35-48(62)49(63-4)32-54(70)73)58(75)68-22-14-39(15-23-68)33-69-21-7-6-8-40(27-37(69)2)28-41-9-11-51-46(29-41)60(18-19-60)59(76)71(51)34-43-10-12-53(72)65-57(43)74/h9,11,13,16,20,26,29-32,34-35,37-40,63H,6-8,10,12,14-15,17-19,21-25,27-28,33H2,1-5H3,(H,65,72,74)/t37-,38-,40?/m0/s1. The Bertz CT molecular complexity index is 3270. The zero-order chi connectivity index (χ0) is 53.2. The lowest BCUT2D eigenvalue weighted by molar-refractivity contribution is -0.130. The number of anilines is 2. The minimum absolute atomic E-state index is 0.0268. The second-order valence-corrected chi connectivity index (χ2v) is 22.5. The summed E-state index contributed by atoms with van der Waals surface area (Å²) in [5, 5.41) is 5.84. The summed E-state index contributed by atoms with van der Waals surface area (Å²) in [6.07, 6.45) is 16.7. The van der Waals surface area contributed by atoms with Gasteiger partial charge in [0.05, 0.1) is 28.7 Å². The smallest absolute Gasteiger partial charge is 0.257 e. The van der Waals surface area contributed by atoms with Crippen molar-refractivity contribution >= 4 is 51.6 Å². The van der Waals surface area contributed by atoms with E-state index in [-0.39, 0.29) is 47.2 Å². The SMILES string of the molecule is CNc1cc(=O)n(-c2ccnc3c2cc([C@H](C)N2CC=C(c4c(C)cc(C(=O)N5CCC(CN6CCCCC(Cc7ccc8c(c7)C7(CC7)C(=O)N8C=C7CCC(=O)NC7=O)C[C@@H]6C)CC5)cc4F)CC2)n3C)cc1F. The largest absolute Gasteiger partial charge is 0.386 e. The van der Waals surface area contributed by atoms with E-state index in [4.69, 9.17) is 0 Å². The Morgan fingerprint density at radius 1 is 0.921 bits per heavy atom. The number of carbonyl (C=O) groups excluding carboxylic acids is 4. The van der Waals surface area contributed by atoms with Gasteiger partial charge in [-0.25, -0.2) is 13.8 Å². The van der Waals surface area contributed by atoms with Crippen LogP contribution in [0.2, 0.25) is 0 Å². The fourth-order valence-electron chi connectivity index (χ4n) is 13.2. The van der Waals surface area contributed by atoms with Crippen molar-refractivity contribution in [1.82, 2.24) is 34.1 Å². The Labute approximate surface area is 442 Å². The molecule has 2 aromatic carbocycles. The number of amides is 4. The zero-order valence-electron chi connectivity index (χ0n) is 44.4. The summed E-state index contributed by atoms with van der Waals surface area (Å²) in [5.41, 5.74) is 7.76. The third-order valence-corrected chi connectivity index (χ3v) is 17.7. The van der Waals surface area contributed by atoms with Crippen LogP contribution in [0.15, 0.2) is 83.6 Å². The molecule has 6 aliphatic rings. The summed E-state index contributed by atoms with van der Waals surface area (Å²) in [4.78, 5) is 78.3. The van der Waals surface area contributed by atoms with Crippen molar-refractivity contribution in [3.05, 3.63) is 134 Å². The van der Waals surface area contributed by atoms with Gasteiger partial charge in [0.1, 0.15) is 11.5 Å². The second kappa shape index (κ2) is 20.6. The molecule has 398 valence electrons. The summed E-state index contributed by atoms with van der Waals surface area (Å²) >= 11 is 0. The van der Waals surface area contributed by atoms with Crippen molar-refractivity contribution in [2.75, 3.05) is 56.5 Å². The van der Waals surface area contributed by atoms with Gasteiger partial charge >= 0.3 is 0 Å². The second-order valence-electron chi connectivity index (χ2n) is 22.5. The van der Waals surface area contributed by atoms with Crippen LogP contribution in [-0.2, 0) is 33.3 Å². The number of pyridine rings is 2. The number of likely N-dealkylation sites (tertiary alicyclic amines) is 2. The Kier molecular flexibility index (Phi) is 13.9. The molecule has 11 rings (SSSR count). The van der Waals surface area contributed by atoms with Crippen LogP contribution in [0.25, 0.3) is 22.3 Å². The average Bonchev–Trinajstić information content (AvgIpc) is 4.16. The molecule has 3 atom stereocenters. The summed E-state index contributed by atoms with van der Waals surface area (Å²) in [6, 6.07) is 15.1. The topological polar surface area (TPSA) is 145 Å². The summed E-state index contributed by atoms with van der Waals surface area (Å²) in [5.74, 6) is -0.712. The highest BCUT2D eigenvalue weighted by molar-refractivity contribution is 6.13. The van der Waals surface area contributed by atoms with Crippen LogP contribution >= 0.6 is 0 Å². The predicted octanol–water partition coefficient (Wildman–Crippen LogP) is 8.88. The fraction of sp³-hybridized carbons (Fsp3) is 0.467. The third kappa shape index (κ3) is 9.60. The van der Waals surface area contributed by atoms with Crippen LogP contribution in [0.1, 0.15) is 129 Å².